The molecule has 5 rings (SSSR count). The highest BCUT2D eigenvalue weighted by Crippen LogP contribution is 2.32. The van der Waals surface area contributed by atoms with E-state index in [0.29, 0.717) is 41.2 Å². The minimum atomic E-state index is -0.614. The molecule has 1 aliphatic rings. The Hall–Kier alpha value is -3.77. The lowest BCUT2D eigenvalue weighted by atomic mass is 10.0. The van der Waals surface area contributed by atoms with E-state index in [4.69, 9.17) is 11.6 Å². The third-order valence-electron chi connectivity index (χ3n) is 6.36. The van der Waals surface area contributed by atoms with E-state index in [9.17, 15) is 18.8 Å². The predicted molar refractivity (Wildman–Crippen MR) is 145 cm³/mol. The Morgan fingerprint density at radius 1 is 1.18 bits per heavy atom. The van der Waals surface area contributed by atoms with Gasteiger partial charge in [0.1, 0.15) is 5.83 Å². The Labute approximate surface area is 229 Å². The van der Waals surface area contributed by atoms with Gasteiger partial charge in [-0.05, 0) is 65.2 Å². The van der Waals surface area contributed by atoms with Crippen molar-refractivity contribution in [2.75, 3.05) is 13.1 Å². The number of nitrogens with one attached hydrogen (secondary N) is 1. The Balaban J connectivity index is 0.00000336. The zero-order valence-corrected chi connectivity index (χ0v) is 21.7. The van der Waals surface area contributed by atoms with Crippen molar-refractivity contribution < 1.29 is 13.6 Å². The second kappa shape index (κ2) is 11.7. The van der Waals surface area contributed by atoms with Gasteiger partial charge in [0.2, 0.25) is 5.95 Å². The van der Waals surface area contributed by atoms with Crippen molar-refractivity contribution in [3.63, 3.8) is 0 Å². The summed E-state index contributed by atoms with van der Waals surface area (Å²) in [5, 5.41) is 13.6. The average molecular weight is 554 g/mol. The van der Waals surface area contributed by atoms with E-state index in [-0.39, 0.29) is 37.4 Å². The van der Waals surface area contributed by atoms with E-state index in [2.05, 4.69) is 16.4 Å². The largest absolute Gasteiger partial charge is 0.333 e. The molecule has 0 spiro atoms. The molecule has 6 nitrogen and oxygen atoms in total. The molecule has 0 bridgehead atoms. The van der Waals surface area contributed by atoms with Gasteiger partial charge in [-0.1, -0.05) is 23.7 Å². The van der Waals surface area contributed by atoms with Crippen LogP contribution in [-0.4, -0.2) is 33.6 Å². The summed E-state index contributed by atoms with van der Waals surface area (Å²) in [5.41, 5.74) is 4.17. The number of hydrogen-bond acceptors (Lipinski definition) is 4. The molecule has 4 aromatic rings. The number of rotatable bonds is 5. The van der Waals surface area contributed by atoms with Gasteiger partial charge in [-0.2, -0.15) is 9.65 Å². The normalized spacial score (nSPS) is 13.5. The van der Waals surface area contributed by atoms with E-state index in [0.717, 1.165) is 22.2 Å². The van der Waals surface area contributed by atoms with Crippen LogP contribution in [0.4, 0.5) is 13.6 Å². The lowest BCUT2D eigenvalue weighted by molar-refractivity contribution is 0.238. The fourth-order valence-corrected chi connectivity index (χ4v) is 4.79. The van der Waals surface area contributed by atoms with Crippen LogP contribution in [0.25, 0.3) is 17.0 Å². The molecule has 2 aromatic carbocycles. The van der Waals surface area contributed by atoms with Crippen LogP contribution in [-0.2, 0) is 19.5 Å². The van der Waals surface area contributed by atoms with Crippen LogP contribution in [0.1, 0.15) is 27.9 Å². The summed E-state index contributed by atoms with van der Waals surface area (Å²) in [4.78, 5) is 18.8. The van der Waals surface area contributed by atoms with Crippen LogP contribution in [0.5, 0.6) is 0 Å². The molecular formula is C28H23Cl2F2N5O. The number of pyridine rings is 1. The molecule has 1 N–H and O–H groups in total. The van der Waals surface area contributed by atoms with E-state index >= 15 is 0 Å². The predicted octanol–water partition coefficient (Wildman–Crippen LogP) is 6.25. The second-order valence-corrected chi connectivity index (χ2v) is 9.29. The molecule has 0 saturated carbocycles. The van der Waals surface area contributed by atoms with Gasteiger partial charge in [-0.15, -0.1) is 12.4 Å². The molecule has 10 heteroatoms. The highest BCUT2D eigenvalue weighted by molar-refractivity contribution is 6.30. The summed E-state index contributed by atoms with van der Waals surface area (Å²) in [6.07, 6.45) is 3.36. The standard InChI is InChI=1S/C28H22ClF2N5O.ClH/c29-21-4-1-18(2-5-21)11-22(30)16-35-10-8-26-24(17-35)23-12-19(14-32)3-6-25(23)36(26)28(37)34-15-20-7-9-33-27(31)13-20;/h1-7,9,11-13H,8,10,15-17H2,(H,34,37);1H/b22-11-;. The number of hydrogen-bond donors (Lipinski definition) is 1. The van der Waals surface area contributed by atoms with Gasteiger partial charge in [0.15, 0.2) is 0 Å². The van der Waals surface area contributed by atoms with Crippen LogP contribution in [0.15, 0.2) is 66.6 Å². The number of nitrogens with zero attached hydrogens (tertiary/aromatic N) is 4. The summed E-state index contributed by atoms with van der Waals surface area (Å²) in [6, 6.07) is 16.8. The summed E-state index contributed by atoms with van der Waals surface area (Å²) >= 11 is 5.91. The molecule has 0 unspecified atom stereocenters. The minimum Gasteiger partial charge on any atom is -0.333 e. The Morgan fingerprint density at radius 2 is 1.97 bits per heavy atom. The van der Waals surface area contributed by atoms with Crippen LogP contribution < -0.4 is 5.32 Å². The maximum Gasteiger partial charge on any atom is 0.326 e. The highest BCUT2D eigenvalue weighted by atomic mass is 35.5. The first kappa shape index (κ1) is 27.3. The molecule has 0 fully saturated rings. The Bertz CT molecular complexity index is 1560. The van der Waals surface area contributed by atoms with Crippen molar-refractivity contribution in [2.24, 2.45) is 0 Å². The van der Waals surface area contributed by atoms with Crippen molar-refractivity contribution in [3.8, 4) is 6.07 Å². The first-order chi connectivity index (χ1) is 17.9. The maximum atomic E-state index is 14.8. The zero-order valence-electron chi connectivity index (χ0n) is 20.1. The molecule has 1 amide bonds. The number of carbonyl (C=O) groups is 1. The average Bonchev–Trinajstić information content (AvgIpc) is 3.21. The van der Waals surface area contributed by atoms with Crippen molar-refractivity contribution in [1.29, 1.82) is 5.26 Å². The van der Waals surface area contributed by atoms with E-state index in [1.165, 1.54) is 18.3 Å². The topological polar surface area (TPSA) is 74.0 Å². The number of fused-ring (bicyclic) bond motifs is 3. The molecular weight excluding hydrogens is 531 g/mol. The van der Waals surface area contributed by atoms with Gasteiger partial charge in [0.25, 0.3) is 0 Å². The summed E-state index contributed by atoms with van der Waals surface area (Å²) < 4.78 is 29.9. The summed E-state index contributed by atoms with van der Waals surface area (Å²) in [7, 11) is 0. The van der Waals surface area contributed by atoms with Gasteiger partial charge in [-0.3, -0.25) is 9.47 Å². The number of carbonyl (C=O) groups excluding carboxylic acids is 1. The van der Waals surface area contributed by atoms with Crippen LogP contribution in [0.2, 0.25) is 5.02 Å². The van der Waals surface area contributed by atoms with Crippen LogP contribution in [0, 0.1) is 17.3 Å². The van der Waals surface area contributed by atoms with E-state index in [1.54, 1.807) is 53.1 Å². The third-order valence-corrected chi connectivity index (χ3v) is 6.61. The molecule has 0 aliphatic carbocycles. The fraction of sp³-hybridized carbons (Fsp3) is 0.179. The van der Waals surface area contributed by atoms with Crippen molar-refractivity contribution in [1.82, 2.24) is 19.8 Å². The molecule has 0 atom stereocenters. The lowest BCUT2D eigenvalue weighted by Gasteiger charge is -2.27. The van der Waals surface area contributed by atoms with Crippen molar-refractivity contribution in [2.45, 2.75) is 19.5 Å². The molecule has 3 heterocycles. The molecule has 194 valence electrons. The number of nitriles is 1. The van der Waals surface area contributed by atoms with Gasteiger partial charge in [0, 0.05) is 48.4 Å². The number of amides is 1. The number of benzene rings is 2. The Morgan fingerprint density at radius 3 is 2.71 bits per heavy atom. The summed E-state index contributed by atoms with van der Waals surface area (Å²) in [6.45, 7) is 1.24. The molecule has 38 heavy (non-hydrogen) atoms. The Kier molecular flexibility index (Phi) is 8.42. The third kappa shape index (κ3) is 5.86. The molecule has 0 saturated heterocycles. The van der Waals surface area contributed by atoms with Crippen molar-refractivity contribution in [3.05, 3.63) is 106 Å². The lowest BCUT2D eigenvalue weighted by Crippen LogP contribution is -2.35. The molecule has 1 aliphatic heterocycles. The van der Waals surface area contributed by atoms with Gasteiger partial charge >= 0.3 is 6.03 Å². The van der Waals surface area contributed by atoms with Crippen LogP contribution >= 0.6 is 24.0 Å². The maximum absolute atomic E-state index is 14.8. The van der Waals surface area contributed by atoms with Gasteiger partial charge in [-0.25, -0.2) is 14.2 Å². The quantitative estimate of drug-likeness (QED) is 0.296. The van der Waals surface area contributed by atoms with Gasteiger partial charge in [0.05, 0.1) is 23.7 Å². The second-order valence-electron chi connectivity index (χ2n) is 8.85. The van der Waals surface area contributed by atoms with Crippen molar-refractivity contribution >= 4 is 47.0 Å². The number of halogens is 4. The smallest absolute Gasteiger partial charge is 0.326 e. The fourth-order valence-electron chi connectivity index (χ4n) is 4.66. The van der Waals surface area contributed by atoms with Crippen LogP contribution in [0.3, 0.4) is 0 Å². The van der Waals surface area contributed by atoms with Gasteiger partial charge < -0.3 is 5.32 Å². The monoisotopic (exact) mass is 553 g/mol. The SMILES string of the molecule is Cl.N#Cc1ccc2c(c1)c1c(n2C(=O)NCc2ccnc(F)c2)CCN(C/C(F)=C/c2ccc(Cl)cc2)C1. The molecule has 0 radical (unpaired) electrons. The number of aromatic nitrogens is 2. The summed E-state index contributed by atoms with van der Waals surface area (Å²) in [5.74, 6) is -0.897. The molecule has 2 aromatic heterocycles. The minimum absolute atomic E-state index is 0. The van der Waals surface area contributed by atoms with E-state index in [1.807, 2.05) is 4.90 Å². The first-order valence-electron chi connectivity index (χ1n) is 11.7. The zero-order chi connectivity index (χ0) is 25.9. The highest BCUT2D eigenvalue weighted by Gasteiger charge is 2.27. The first-order valence-corrected chi connectivity index (χ1v) is 12.1. The van der Waals surface area contributed by atoms with E-state index < -0.39 is 5.95 Å².